The Morgan fingerprint density at radius 3 is 2.61 bits per heavy atom. The molecule has 0 aliphatic carbocycles. The van der Waals surface area contributed by atoms with Crippen molar-refractivity contribution >= 4 is 34.5 Å². The van der Waals surface area contributed by atoms with Crippen LogP contribution < -0.4 is 5.32 Å². The fourth-order valence-corrected chi connectivity index (χ4v) is 1.81. The Hall–Kier alpha value is -0.990. The molecule has 1 aromatic heterocycles. The maximum absolute atomic E-state index is 12.8. The smallest absolute Gasteiger partial charge is 0.413 e. The van der Waals surface area contributed by atoms with Crippen molar-refractivity contribution in [1.82, 2.24) is 4.98 Å². The highest BCUT2D eigenvalue weighted by molar-refractivity contribution is 14.1. The molecular formula is C11H13F2IN2O2. The quantitative estimate of drug-likeness (QED) is 0.802. The van der Waals surface area contributed by atoms with Gasteiger partial charge in [-0.1, -0.05) is 0 Å². The topological polar surface area (TPSA) is 51.2 Å². The Balaban J connectivity index is 2.91. The van der Waals surface area contributed by atoms with E-state index in [-0.39, 0.29) is 11.4 Å². The number of carbonyl (C=O) groups excluding carboxylic acids is 1. The molecule has 1 rings (SSSR count). The Morgan fingerprint density at radius 1 is 1.50 bits per heavy atom. The molecule has 0 aromatic carbocycles. The number of pyridine rings is 1. The second kappa shape index (κ2) is 5.77. The third-order valence-corrected chi connectivity index (χ3v) is 2.72. The summed E-state index contributed by atoms with van der Waals surface area (Å²) < 4.78 is 31.0. The Labute approximate surface area is 117 Å². The van der Waals surface area contributed by atoms with E-state index in [0.29, 0.717) is 3.57 Å². The first kappa shape index (κ1) is 15.1. The average molecular weight is 370 g/mol. The SMILES string of the molecule is CC(C)(C)OC(=O)Nc1nccc(I)c1C(F)F. The van der Waals surface area contributed by atoms with Gasteiger partial charge < -0.3 is 4.74 Å². The molecule has 0 radical (unpaired) electrons. The lowest BCUT2D eigenvalue weighted by atomic mass is 10.2. The molecule has 0 bridgehead atoms. The van der Waals surface area contributed by atoms with E-state index in [0.717, 1.165) is 0 Å². The van der Waals surface area contributed by atoms with E-state index in [1.807, 2.05) is 0 Å². The number of anilines is 1. The zero-order chi connectivity index (χ0) is 13.9. The fourth-order valence-electron chi connectivity index (χ4n) is 1.16. The minimum absolute atomic E-state index is 0.175. The third-order valence-electron chi connectivity index (χ3n) is 1.77. The van der Waals surface area contributed by atoms with E-state index in [1.165, 1.54) is 12.3 Å². The molecule has 4 nitrogen and oxygen atoms in total. The van der Waals surface area contributed by atoms with E-state index < -0.39 is 18.1 Å². The Bertz CT molecular complexity index is 447. The van der Waals surface area contributed by atoms with Crippen LogP contribution in [0.4, 0.5) is 19.4 Å². The summed E-state index contributed by atoms with van der Waals surface area (Å²) in [5.41, 5.74) is -0.999. The number of alkyl halides is 2. The van der Waals surface area contributed by atoms with Crippen LogP contribution in [0, 0.1) is 3.57 Å². The van der Waals surface area contributed by atoms with Crippen LogP contribution >= 0.6 is 22.6 Å². The third kappa shape index (κ3) is 4.35. The average Bonchev–Trinajstić information content (AvgIpc) is 2.13. The van der Waals surface area contributed by atoms with Crippen molar-refractivity contribution in [2.75, 3.05) is 5.32 Å². The summed E-state index contributed by atoms with van der Waals surface area (Å²) in [5, 5.41) is 2.23. The lowest BCUT2D eigenvalue weighted by molar-refractivity contribution is 0.0634. The van der Waals surface area contributed by atoms with Gasteiger partial charge in [-0.05, 0) is 49.4 Å². The van der Waals surface area contributed by atoms with Gasteiger partial charge in [-0.15, -0.1) is 0 Å². The van der Waals surface area contributed by atoms with Crippen LogP contribution in [0.2, 0.25) is 0 Å². The molecule has 1 aromatic rings. The van der Waals surface area contributed by atoms with E-state index in [4.69, 9.17) is 4.74 Å². The summed E-state index contributed by atoms with van der Waals surface area (Å²) in [4.78, 5) is 15.2. The summed E-state index contributed by atoms with van der Waals surface area (Å²) in [6.45, 7) is 5.05. The van der Waals surface area contributed by atoms with Crippen LogP contribution in [0.3, 0.4) is 0 Å². The first-order chi connectivity index (χ1) is 8.20. The molecule has 1 amide bonds. The number of nitrogens with zero attached hydrogens (tertiary/aromatic N) is 1. The van der Waals surface area contributed by atoms with Gasteiger partial charge in [0.15, 0.2) is 0 Å². The van der Waals surface area contributed by atoms with Crippen molar-refractivity contribution in [1.29, 1.82) is 0 Å². The van der Waals surface area contributed by atoms with Gasteiger partial charge >= 0.3 is 6.09 Å². The molecular weight excluding hydrogens is 357 g/mol. The van der Waals surface area contributed by atoms with Gasteiger partial charge in [-0.25, -0.2) is 18.6 Å². The largest absolute Gasteiger partial charge is 0.444 e. The molecule has 0 aliphatic rings. The molecule has 0 fully saturated rings. The second-order valence-electron chi connectivity index (χ2n) is 4.48. The molecule has 1 heterocycles. The standard InChI is InChI=1S/C11H13F2IN2O2/c1-11(2,3)18-10(17)16-9-7(8(12)13)6(14)4-5-15-9/h4-5,8H,1-3H3,(H,15,16,17). The minimum atomic E-state index is -2.71. The maximum atomic E-state index is 12.8. The summed E-state index contributed by atoms with van der Waals surface area (Å²) >= 11 is 1.76. The Morgan fingerprint density at radius 2 is 2.11 bits per heavy atom. The molecule has 100 valence electrons. The lowest BCUT2D eigenvalue weighted by Crippen LogP contribution is -2.28. The first-order valence-corrected chi connectivity index (χ1v) is 6.21. The van der Waals surface area contributed by atoms with Crippen LogP contribution in [-0.4, -0.2) is 16.7 Å². The van der Waals surface area contributed by atoms with Crippen LogP contribution in [0.1, 0.15) is 32.8 Å². The zero-order valence-corrected chi connectivity index (χ0v) is 12.3. The first-order valence-electron chi connectivity index (χ1n) is 5.13. The molecule has 0 spiro atoms. The highest BCUT2D eigenvalue weighted by Crippen LogP contribution is 2.30. The molecule has 0 aliphatic heterocycles. The van der Waals surface area contributed by atoms with Crippen molar-refractivity contribution in [2.45, 2.75) is 32.8 Å². The van der Waals surface area contributed by atoms with Crippen molar-refractivity contribution in [2.24, 2.45) is 0 Å². The van der Waals surface area contributed by atoms with Crippen molar-refractivity contribution < 1.29 is 18.3 Å². The fraction of sp³-hybridized carbons (Fsp3) is 0.455. The van der Waals surface area contributed by atoms with Gasteiger partial charge in [-0.3, -0.25) is 5.32 Å². The number of carbonyl (C=O) groups is 1. The minimum Gasteiger partial charge on any atom is -0.444 e. The number of halogens is 3. The number of hydrogen-bond donors (Lipinski definition) is 1. The molecule has 0 unspecified atom stereocenters. The number of hydrogen-bond acceptors (Lipinski definition) is 3. The van der Waals surface area contributed by atoms with Crippen molar-refractivity contribution in [3.05, 3.63) is 21.4 Å². The zero-order valence-electron chi connectivity index (χ0n) is 10.1. The van der Waals surface area contributed by atoms with Gasteiger partial charge in [-0.2, -0.15) is 0 Å². The highest BCUT2D eigenvalue weighted by atomic mass is 127. The molecule has 0 saturated heterocycles. The number of ether oxygens (including phenoxy) is 1. The second-order valence-corrected chi connectivity index (χ2v) is 5.64. The van der Waals surface area contributed by atoms with E-state index in [1.54, 1.807) is 43.4 Å². The summed E-state index contributed by atoms with van der Waals surface area (Å²) in [5.74, 6) is -0.175. The van der Waals surface area contributed by atoms with Crippen LogP contribution in [0.5, 0.6) is 0 Å². The maximum Gasteiger partial charge on any atom is 0.413 e. The molecule has 0 saturated carbocycles. The number of aromatic nitrogens is 1. The number of rotatable bonds is 2. The summed E-state index contributed by atoms with van der Waals surface area (Å²) in [7, 11) is 0. The highest BCUT2D eigenvalue weighted by Gasteiger charge is 2.22. The number of amides is 1. The number of nitrogens with one attached hydrogen (secondary N) is 1. The van der Waals surface area contributed by atoms with Crippen molar-refractivity contribution in [3.63, 3.8) is 0 Å². The summed E-state index contributed by atoms with van der Waals surface area (Å²) in [6.07, 6.45) is -2.17. The van der Waals surface area contributed by atoms with Crippen LogP contribution in [-0.2, 0) is 4.74 Å². The molecule has 7 heteroatoms. The van der Waals surface area contributed by atoms with Crippen LogP contribution in [0.25, 0.3) is 0 Å². The van der Waals surface area contributed by atoms with Crippen LogP contribution in [0.15, 0.2) is 12.3 Å². The Kier molecular flexibility index (Phi) is 4.83. The predicted molar refractivity (Wildman–Crippen MR) is 71.8 cm³/mol. The van der Waals surface area contributed by atoms with E-state index in [2.05, 4.69) is 10.3 Å². The molecule has 1 N–H and O–H groups in total. The van der Waals surface area contributed by atoms with Gasteiger partial charge in [0, 0.05) is 9.77 Å². The molecule has 0 atom stereocenters. The van der Waals surface area contributed by atoms with E-state index in [9.17, 15) is 13.6 Å². The van der Waals surface area contributed by atoms with Gasteiger partial charge in [0.05, 0.1) is 5.56 Å². The lowest BCUT2D eigenvalue weighted by Gasteiger charge is -2.20. The summed E-state index contributed by atoms with van der Waals surface area (Å²) in [6, 6.07) is 1.45. The monoisotopic (exact) mass is 370 g/mol. The van der Waals surface area contributed by atoms with Gasteiger partial charge in [0.25, 0.3) is 6.43 Å². The normalized spacial score (nSPS) is 11.5. The molecule has 18 heavy (non-hydrogen) atoms. The van der Waals surface area contributed by atoms with E-state index >= 15 is 0 Å². The van der Waals surface area contributed by atoms with Gasteiger partial charge in [0.2, 0.25) is 0 Å². The van der Waals surface area contributed by atoms with Crippen molar-refractivity contribution in [3.8, 4) is 0 Å². The van der Waals surface area contributed by atoms with Gasteiger partial charge in [0.1, 0.15) is 11.4 Å². The predicted octanol–water partition coefficient (Wildman–Crippen LogP) is 3.97.